The van der Waals surface area contributed by atoms with Gasteiger partial charge < -0.3 is 0 Å². The zero-order valence-corrected chi connectivity index (χ0v) is 13.8. The van der Waals surface area contributed by atoms with Crippen molar-refractivity contribution in [1.29, 1.82) is 0 Å². The van der Waals surface area contributed by atoms with Gasteiger partial charge in [0, 0.05) is 17.4 Å². The minimum Gasteiger partial charge on any atom is -0.226 e. The summed E-state index contributed by atoms with van der Waals surface area (Å²) in [7, 11) is 0. The molecule has 0 saturated heterocycles. The molecule has 0 N–H and O–H groups in total. The van der Waals surface area contributed by atoms with Gasteiger partial charge in [-0.3, -0.25) is 0 Å². The molecule has 0 fully saturated rings. The van der Waals surface area contributed by atoms with E-state index in [0.717, 1.165) is 21.9 Å². The highest BCUT2D eigenvalue weighted by Crippen LogP contribution is 2.28. The van der Waals surface area contributed by atoms with Crippen LogP contribution in [0.15, 0.2) is 44.9 Å². The van der Waals surface area contributed by atoms with Crippen LogP contribution in [0.1, 0.15) is 38.1 Å². The topological polar surface area (TPSA) is 25.8 Å². The first kappa shape index (κ1) is 14.5. The van der Waals surface area contributed by atoms with Crippen LogP contribution in [0.4, 0.5) is 0 Å². The van der Waals surface area contributed by atoms with Crippen molar-refractivity contribution >= 4 is 27.7 Å². The van der Waals surface area contributed by atoms with Gasteiger partial charge in [0.25, 0.3) is 0 Å². The number of halogens is 1. The molecule has 0 bridgehead atoms. The second-order valence-electron chi connectivity index (χ2n) is 4.62. The first-order valence-electron chi connectivity index (χ1n) is 6.39. The summed E-state index contributed by atoms with van der Waals surface area (Å²) in [5, 5.41) is 0.982. The predicted octanol–water partition coefficient (Wildman–Crippen LogP) is 5.08. The molecule has 0 aliphatic carbocycles. The molecule has 0 aliphatic heterocycles. The molecule has 1 heterocycles. The third-order valence-corrected chi connectivity index (χ3v) is 4.14. The van der Waals surface area contributed by atoms with Gasteiger partial charge in [-0.2, -0.15) is 0 Å². The number of aromatic nitrogens is 2. The van der Waals surface area contributed by atoms with Crippen LogP contribution in [-0.2, 0) is 6.42 Å². The summed E-state index contributed by atoms with van der Waals surface area (Å²) in [6, 6.07) is 10.6. The molecule has 2 nitrogen and oxygen atoms in total. The first-order valence-corrected chi connectivity index (χ1v) is 8.00. The monoisotopic (exact) mass is 336 g/mol. The van der Waals surface area contributed by atoms with E-state index >= 15 is 0 Å². The number of aryl methyl sites for hydroxylation is 1. The lowest BCUT2D eigenvalue weighted by molar-refractivity contribution is 0.864. The lowest BCUT2D eigenvalue weighted by Gasteiger charge is -2.07. The number of rotatable bonds is 4. The Balaban J connectivity index is 2.18. The molecule has 1 aromatic heterocycles. The summed E-state index contributed by atoms with van der Waals surface area (Å²) in [6.07, 6.45) is 0.847. The summed E-state index contributed by atoms with van der Waals surface area (Å²) >= 11 is 5.10. The van der Waals surface area contributed by atoms with E-state index in [1.807, 2.05) is 6.07 Å². The lowest BCUT2D eigenvalue weighted by atomic mass is 10.0. The van der Waals surface area contributed by atoms with Crippen molar-refractivity contribution in [1.82, 2.24) is 9.97 Å². The number of nitrogens with zero attached hydrogens (tertiary/aromatic N) is 2. The zero-order chi connectivity index (χ0) is 13.8. The molecule has 19 heavy (non-hydrogen) atoms. The van der Waals surface area contributed by atoms with Gasteiger partial charge >= 0.3 is 0 Å². The normalized spacial score (nSPS) is 11.0. The van der Waals surface area contributed by atoms with Crippen LogP contribution in [0, 0.1) is 0 Å². The van der Waals surface area contributed by atoms with Gasteiger partial charge in [-0.15, -0.1) is 0 Å². The maximum absolute atomic E-state index is 4.53. The third-order valence-electron chi connectivity index (χ3n) is 2.80. The van der Waals surface area contributed by atoms with Crippen molar-refractivity contribution in [2.75, 3.05) is 0 Å². The zero-order valence-electron chi connectivity index (χ0n) is 11.4. The highest BCUT2D eigenvalue weighted by atomic mass is 79.9. The average molecular weight is 337 g/mol. The summed E-state index contributed by atoms with van der Waals surface area (Å²) < 4.78 is 0.848. The molecule has 0 saturated carbocycles. The Hall–Kier alpha value is -0.870. The second kappa shape index (κ2) is 6.53. The Bertz CT molecular complexity index is 553. The minimum absolute atomic E-state index is 0.568. The highest BCUT2D eigenvalue weighted by molar-refractivity contribution is 9.10. The molecule has 2 rings (SSSR count). The van der Waals surface area contributed by atoms with Crippen LogP contribution >= 0.6 is 27.7 Å². The Morgan fingerprint density at radius 1 is 1.16 bits per heavy atom. The van der Waals surface area contributed by atoms with Crippen LogP contribution in [0.2, 0.25) is 0 Å². The van der Waals surface area contributed by atoms with Crippen molar-refractivity contribution in [2.24, 2.45) is 0 Å². The predicted molar refractivity (Wildman–Crippen MR) is 83.8 cm³/mol. The van der Waals surface area contributed by atoms with E-state index in [1.165, 1.54) is 10.5 Å². The molecule has 0 amide bonds. The first-order chi connectivity index (χ1) is 9.08. The van der Waals surface area contributed by atoms with Gasteiger partial charge in [-0.1, -0.05) is 44.7 Å². The van der Waals surface area contributed by atoms with Crippen molar-refractivity contribution in [2.45, 2.75) is 43.0 Å². The fourth-order valence-corrected chi connectivity index (χ4v) is 3.10. The molecular formula is C15H17BrN2S. The minimum atomic E-state index is 0.568. The van der Waals surface area contributed by atoms with Crippen molar-refractivity contribution in [3.8, 4) is 0 Å². The largest absolute Gasteiger partial charge is 0.226 e. The van der Waals surface area contributed by atoms with Crippen LogP contribution in [0.25, 0.3) is 0 Å². The van der Waals surface area contributed by atoms with E-state index in [2.05, 4.69) is 70.9 Å². The van der Waals surface area contributed by atoms with Gasteiger partial charge in [0.15, 0.2) is 0 Å². The second-order valence-corrected chi connectivity index (χ2v) is 6.53. The molecule has 0 radical (unpaired) electrons. The van der Waals surface area contributed by atoms with Gasteiger partial charge in [-0.25, -0.2) is 9.97 Å². The Kier molecular flexibility index (Phi) is 4.99. The molecule has 2 aromatic rings. The van der Waals surface area contributed by atoms with Gasteiger partial charge in [0.1, 0.15) is 15.5 Å². The fourth-order valence-electron chi connectivity index (χ4n) is 1.69. The highest BCUT2D eigenvalue weighted by Gasteiger charge is 2.05. The summed E-state index contributed by atoms with van der Waals surface area (Å²) in [6.45, 7) is 6.47. The molecule has 100 valence electrons. The Labute approximate surface area is 127 Å². The molecule has 0 unspecified atom stereocenters. The van der Waals surface area contributed by atoms with E-state index in [9.17, 15) is 0 Å². The summed E-state index contributed by atoms with van der Waals surface area (Å²) in [5.74, 6) is 1.44. The van der Waals surface area contributed by atoms with E-state index in [-0.39, 0.29) is 0 Å². The molecular weight excluding hydrogens is 320 g/mol. The van der Waals surface area contributed by atoms with Gasteiger partial charge in [0.2, 0.25) is 0 Å². The van der Waals surface area contributed by atoms with Crippen LogP contribution < -0.4 is 0 Å². The van der Waals surface area contributed by atoms with E-state index in [0.29, 0.717) is 5.92 Å². The smallest absolute Gasteiger partial charge is 0.130 e. The maximum atomic E-state index is 4.53. The standard InChI is InChI=1S/C15H17BrN2S/c1-4-14-17-13(16)9-15(18-14)19-12-7-5-11(6-8-12)10(2)3/h5-10H,4H2,1-3H3. The third kappa shape index (κ3) is 4.05. The molecule has 0 aliphatic rings. The molecule has 4 heteroatoms. The molecule has 0 atom stereocenters. The van der Waals surface area contributed by atoms with Gasteiger partial charge in [0.05, 0.1) is 0 Å². The van der Waals surface area contributed by atoms with Crippen molar-refractivity contribution in [3.63, 3.8) is 0 Å². The molecule has 0 spiro atoms. The van der Waals surface area contributed by atoms with E-state index in [4.69, 9.17) is 0 Å². The van der Waals surface area contributed by atoms with Crippen LogP contribution in [-0.4, -0.2) is 9.97 Å². The number of benzene rings is 1. The SMILES string of the molecule is CCc1nc(Br)cc(Sc2ccc(C(C)C)cc2)n1. The van der Waals surface area contributed by atoms with Crippen LogP contribution in [0.5, 0.6) is 0 Å². The van der Waals surface area contributed by atoms with Gasteiger partial charge in [-0.05, 0) is 39.5 Å². The van der Waals surface area contributed by atoms with Crippen molar-refractivity contribution < 1.29 is 0 Å². The Morgan fingerprint density at radius 3 is 2.42 bits per heavy atom. The summed E-state index contributed by atoms with van der Waals surface area (Å²) in [4.78, 5) is 10.1. The maximum Gasteiger partial charge on any atom is 0.130 e. The number of hydrogen-bond acceptors (Lipinski definition) is 3. The van der Waals surface area contributed by atoms with E-state index < -0.39 is 0 Å². The Morgan fingerprint density at radius 2 is 1.84 bits per heavy atom. The van der Waals surface area contributed by atoms with E-state index in [1.54, 1.807) is 11.8 Å². The summed E-state index contributed by atoms with van der Waals surface area (Å²) in [5.41, 5.74) is 1.36. The lowest BCUT2D eigenvalue weighted by Crippen LogP contribution is -1.94. The fraction of sp³-hybridized carbons (Fsp3) is 0.333. The van der Waals surface area contributed by atoms with Crippen molar-refractivity contribution in [3.05, 3.63) is 46.3 Å². The molecule has 1 aromatic carbocycles. The number of hydrogen-bond donors (Lipinski definition) is 0. The quantitative estimate of drug-likeness (QED) is 0.728. The van der Waals surface area contributed by atoms with Crippen LogP contribution in [0.3, 0.4) is 0 Å². The average Bonchev–Trinajstić information content (AvgIpc) is 2.38.